The Balaban J connectivity index is 0.00000218. The first kappa shape index (κ1) is 21.9. The van der Waals surface area contributed by atoms with Crippen LogP contribution < -0.4 is 39.3 Å². The van der Waals surface area contributed by atoms with Crippen LogP contribution in [0.15, 0.2) is 47.8 Å². The Bertz CT molecular complexity index is 997. The molecule has 5 rings (SSSR count). The van der Waals surface area contributed by atoms with E-state index in [1.165, 1.54) is 6.42 Å². The van der Waals surface area contributed by atoms with Crippen LogP contribution >= 0.6 is 0 Å². The van der Waals surface area contributed by atoms with E-state index in [1.807, 2.05) is 30.3 Å². The maximum Gasteiger partial charge on any atom is 1.00 e. The molecule has 152 valence electrons. The normalized spacial score (nSPS) is 19.2. The SMILES string of the molecule is O=S(Cc1cc(OCC2COC3(CCC3)OC2)ccn1)c1nc2ccccc2[n-]1.[Na+]. The molecular weight excluding hydrogens is 413 g/mol. The summed E-state index contributed by atoms with van der Waals surface area (Å²) in [7, 11) is -1.37. The minimum absolute atomic E-state index is 0. The van der Waals surface area contributed by atoms with Crippen LogP contribution in [0.5, 0.6) is 5.75 Å². The number of pyridine rings is 1. The van der Waals surface area contributed by atoms with Gasteiger partial charge in [-0.3, -0.25) is 9.19 Å². The molecule has 1 atom stereocenters. The van der Waals surface area contributed by atoms with E-state index in [-0.39, 0.29) is 47.0 Å². The molecule has 1 saturated heterocycles. The number of benzene rings is 1. The second-order valence-corrected chi connectivity index (χ2v) is 8.88. The van der Waals surface area contributed by atoms with Gasteiger partial charge in [-0.15, -0.1) is 0 Å². The maximum absolute atomic E-state index is 12.7. The van der Waals surface area contributed by atoms with Crippen LogP contribution in [0.4, 0.5) is 0 Å². The van der Waals surface area contributed by atoms with Crippen molar-refractivity contribution >= 4 is 21.8 Å². The molecule has 1 unspecified atom stereocenters. The maximum atomic E-state index is 12.7. The molecule has 1 spiro atoms. The van der Waals surface area contributed by atoms with Crippen molar-refractivity contribution in [2.75, 3.05) is 19.8 Å². The fourth-order valence-corrected chi connectivity index (χ4v) is 4.46. The number of aromatic nitrogens is 3. The zero-order valence-electron chi connectivity index (χ0n) is 17.0. The molecule has 1 aromatic carbocycles. The minimum Gasteiger partial charge on any atom is -0.493 e. The first-order valence-corrected chi connectivity index (χ1v) is 11.1. The molecule has 7 nitrogen and oxygen atoms in total. The minimum atomic E-state index is -1.37. The van der Waals surface area contributed by atoms with E-state index in [0.29, 0.717) is 36.4 Å². The van der Waals surface area contributed by atoms with Crippen molar-refractivity contribution in [2.24, 2.45) is 5.92 Å². The van der Waals surface area contributed by atoms with Crippen LogP contribution in [0.1, 0.15) is 25.0 Å². The molecule has 2 aliphatic rings. The van der Waals surface area contributed by atoms with Crippen LogP contribution in [-0.4, -0.2) is 39.8 Å². The molecule has 3 heterocycles. The number of imidazole rings is 1. The van der Waals surface area contributed by atoms with Gasteiger partial charge in [0.05, 0.1) is 42.1 Å². The van der Waals surface area contributed by atoms with Gasteiger partial charge in [0.25, 0.3) is 0 Å². The van der Waals surface area contributed by atoms with Crippen molar-refractivity contribution in [1.82, 2.24) is 15.0 Å². The first-order valence-electron chi connectivity index (χ1n) is 9.83. The molecule has 30 heavy (non-hydrogen) atoms. The molecular formula is C21H22N3NaO4S. The van der Waals surface area contributed by atoms with Gasteiger partial charge < -0.3 is 24.2 Å². The van der Waals surface area contributed by atoms with Crippen molar-refractivity contribution in [3.8, 4) is 5.75 Å². The summed E-state index contributed by atoms with van der Waals surface area (Å²) in [4.78, 5) is 13.0. The summed E-state index contributed by atoms with van der Waals surface area (Å²) in [5.41, 5.74) is 2.18. The number of nitrogens with zero attached hydrogens (tertiary/aromatic N) is 3. The number of hydrogen-bond donors (Lipinski definition) is 0. The van der Waals surface area contributed by atoms with Gasteiger partial charge in [-0.25, -0.2) is 0 Å². The number of para-hydroxylation sites is 2. The number of rotatable bonds is 6. The van der Waals surface area contributed by atoms with E-state index in [0.717, 1.165) is 23.9 Å². The van der Waals surface area contributed by atoms with Gasteiger partial charge in [0.1, 0.15) is 5.75 Å². The second-order valence-electron chi connectivity index (χ2n) is 7.53. The molecule has 2 aromatic heterocycles. The first-order chi connectivity index (χ1) is 14.2. The number of ether oxygens (including phenoxy) is 3. The predicted molar refractivity (Wildman–Crippen MR) is 107 cm³/mol. The topological polar surface area (TPSA) is 84.6 Å². The summed E-state index contributed by atoms with van der Waals surface area (Å²) in [6, 6.07) is 11.1. The Labute approximate surface area is 199 Å². The van der Waals surface area contributed by atoms with Crippen LogP contribution in [0.3, 0.4) is 0 Å². The second kappa shape index (κ2) is 9.46. The molecule has 9 heteroatoms. The number of fused-ring (bicyclic) bond motifs is 1. The van der Waals surface area contributed by atoms with E-state index in [2.05, 4.69) is 15.0 Å². The van der Waals surface area contributed by atoms with Crippen LogP contribution in [0.25, 0.3) is 11.0 Å². The summed E-state index contributed by atoms with van der Waals surface area (Å²) >= 11 is 0. The Morgan fingerprint density at radius 3 is 2.73 bits per heavy atom. The van der Waals surface area contributed by atoms with Crippen molar-refractivity contribution in [1.29, 1.82) is 0 Å². The van der Waals surface area contributed by atoms with E-state index >= 15 is 0 Å². The quantitative estimate of drug-likeness (QED) is 0.497. The van der Waals surface area contributed by atoms with Gasteiger partial charge >= 0.3 is 29.6 Å². The Morgan fingerprint density at radius 2 is 2.00 bits per heavy atom. The van der Waals surface area contributed by atoms with Crippen LogP contribution in [0.2, 0.25) is 0 Å². The van der Waals surface area contributed by atoms with Gasteiger partial charge in [-0.2, -0.15) is 0 Å². The van der Waals surface area contributed by atoms with E-state index in [4.69, 9.17) is 14.2 Å². The Morgan fingerprint density at radius 1 is 1.20 bits per heavy atom. The van der Waals surface area contributed by atoms with Gasteiger partial charge in [0, 0.05) is 36.2 Å². The van der Waals surface area contributed by atoms with E-state index < -0.39 is 10.8 Å². The van der Waals surface area contributed by atoms with Crippen LogP contribution in [0, 0.1) is 5.92 Å². The molecule has 1 saturated carbocycles. The van der Waals surface area contributed by atoms with Crippen molar-refractivity contribution in [2.45, 2.75) is 36.0 Å². The molecule has 3 aromatic rings. The Hall–Kier alpha value is -1.29. The van der Waals surface area contributed by atoms with Gasteiger partial charge in [0.2, 0.25) is 0 Å². The van der Waals surface area contributed by atoms with Crippen molar-refractivity contribution in [3.05, 3.63) is 48.3 Å². The summed E-state index contributed by atoms with van der Waals surface area (Å²) in [5, 5.41) is 0.334. The van der Waals surface area contributed by atoms with Gasteiger partial charge in [-0.1, -0.05) is 24.3 Å². The summed E-state index contributed by atoms with van der Waals surface area (Å²) in [5.74, 6) is 0.839. The largest absolute Gasteiger partial charge is 1.00 e. The average molecular weight is 435 g/mol. The summed E-state index contributed by atoms with van der Waals surface area (Å²) < 4.78 is 30.3. The molecule has 0 radical (unpaired) electrons. The Kier molecular flexibility index (Phi) is 6.91. The van der Waals surface area contributed by atoms with Gasteiger partial charge in [0.15, 0.2) is 5.79 Å². The monoisotopic (exact) mass is 435 g/mol. The average Bonchev–Trinajstić information content (AvgIpc) is 3.16. The number of hydrogen-bond acceptors (Lipinski definition) is 6. The third-order valence-electron chi connectivity index (χ3n) is 5.35. The van der Waals surface area contributed by atoms with E-state index in [9.17, 15) is 4.21 Å². The summed E-state index contributed by atoms with van der Waals surface area (Å²) in [6.07, 6.45) is 4.83. The van der Waals surface area contributed by atoms with E-state index in [1.54, 1.807) is 12.3 Å². The molecule has 1 aliphatic heterocycles. The fourth-order valence-electron chi connectivity index (χ4n) is 3.50. The van der Waals surface area contributed by atoms with Crippen molar-refractivity contribution in [3.63, 3.8) is 0 Å². The molecule has 2 fully saturated rings. The zero-order valence-corrected chi connectivity index (χ0v) is 19.8. The predicted octanol–water partition coefficient (Wildman–Crippen LogP) is -0.179. The fraction of sp³-hybridized carbons (Fsp3) is 0.429. The molecule has 0 N–H and O–H groups in total. The third-order valence-corrected chi connectivity index (χ3v) is 6.50. The standard InChI is InChI=1S/C21H22N3O4S.Na/c25-29(20-23-18-4-1-2-5-19(18)24-20)14-16-10-17(6-9-22-16)26-11-15-12-27-21(28-13-15)7-3-8-21;/h1-2,4-6,9-10,15H,3,7-8,11-14H2;/q-1;+1. The molecule has 0 bridgehead atoms. The third kappa shape index (κ3) is 4.79. The smallest absolute Gasteiger partial charge is 0.493 e. The van der Waals surface area contributed by atoms with Gasteiger partial charge in [-0.05, 0) is 23.5 Å². The van der Waals surface area contributed by atoms with Crippen LogP contribution in [-0.2, 0) is 26.0 Å². The summed E-state index contributed by atoms with van der Waals surface area (Å²) in [6.45, 7) is 1.83. The molecule has 1 aliphatic carbocycles. The zero-order chi connectivity index (χ0) is 19.7. The molecule has 0 amide bonds. The van der Waals surface area contributed by atoms with Crippen molar-refractivity contribution < 1.29 is 48.0 Å².